The highest BCUT2D eigenvalue weighted by Crippen LogP contribution is 2.21. The molecule has 0 saturated heterocycles. The van der Waals surface area contributed by atoms with Crippen molar-refractivity contribution < 1.29 is 19.1 Å². The largest absolute Gasteiger partial charge is 0.496 e. The number of primary amides is 1. The lowest BCUT2D eigenvalue weighted by Crippen LogP contribution is -2.23. The first kappa shape index (κ1) is 19.2. The summed E-state index contributed by atoms with van der Waals surface area (Å²) >= 11 is 0. The lowest BCUT2D eigenvalue weighted by molar-refractivity contribution is -0.121. The Labute approximate surface area is 152 Å². The Kier molecular flexibility index (Phi) is 6.49. The number of benzene rings is 2. The Morgan fingerprint density at radius 1 is 1.04 bits per heavy atom. The standard InChI is InChI=1S/C20H22N2O4/c1-13-3-9-18(26-2)16(11-13)17(23)8-10-19(24)22-12-14-4-6-15(7-5-14)20(21)25/h3-7,9,11H,8,10,12H2,1-2H3,(H2,21,25)(H,22,24). The summed E-state index contributed by atoms with van der Waals surface area (Å²) in [4.78, 5) is 35.4. The Morgan fingerprint density at radius 2 is 1.73 bits per heavy atom. The first-order chi connectivity index (χ1) is 12.4. The van der Waals surface area contributed by atoms with Crippen molar-refractivity contribution in [2.75, 3.05) is 7.11 Å². The molecule has 0 fully saturated rings. The molecule has 2 aromatic carbocycles. The van der Waals surface area contributed by atoms with Crippen molar-refractivity contribution in [3.8, 4) is 5.75 Å². The highest BCUT2D eigenvalue weighted by atomic mass is 16.5. The van der Waals surface area contributed by atoms with Gasteiger partial charge in [0.25, 0.3) is 0 Å². The summed E-state index contributed by atoms with van der Waals surface area (Å²) in [5.74, 6) is -0.336. The van der Waals surface area contributed by atoms with E-state index in [-0.39, 0.29) is 24.5 Å². The molecule has 2 rings (SSSR count). The van der Waals surface area contributed by atoms with Gasteiger partial charge in [0.1, 0.15) is 5.75 Å². The molecule has 2 amide bonds. The molecule has 0 atom stereocenters. The summed E-state index contributed by atoms with van der Waals surface area (Å²) in [6.07, 6.45) is 0.196. The van der Waals surface area contributed by atoms with Crippen molar-refractivity contribution in [1.29, 1.82) is 0 Å². The molecular weight excluding hydrogens is 332 g/mol. The SMILES string of the molecule is COc1ccc(C)cc1C(=O)CCC(=O)NCc1ccc(C(N)=O)cc1. The minimum atomic E-state index is -0.495. The Hall–Kier alpha value is -3.15. The van der Waals surface area contributed by atoms with Gasteiger partial charge in [-0.3, -0.25) is 14.4 Å². The van der Waals surface area contributed by atoms with Crippen LogP contribution in [0.3, 0.4) is 0 Å². The minimum absolute atomic E-state index is 0.0926. The topological polar surface area (TPSA) is 98.5 Å². The third kappa shape index (κ3) is 5.17. The van der Waals surface area contributed by atoms with Gasteiger partial charge >= 0.3 is 0 Å². The predicted octanol–water partition coefficient (Wildman–Crippen LogP) is 2.38. The zero-order valence-electron chi connectivity index (χ0n) is 14.9. The Balaban J connectivity index is 1.86. The minimum Gasteiger partial charge on any atom is -0.496 e. The van der Waals surface area contributed by atoms with Crippen molar-refractivity contribution >= 4 is 17.6 Å². The quantitative estimate of drug-likeness (QED) is 0.711. The van der Waals surface area contributed by atoms with Crippen molar-refractivity contribution in [1.82, 2.24) is 5.32 Å². The number of methoxy groups -OCH3 is 1. The van der Waals surface area contributed by atoms with E-state index in [0.29, 0.717) is 23.4 Å². The molecule has 3 N–H and O–H groups in total. The van der Waals surface area contributed by atoms with Crippen LogP contribution in [-0.4, -0.2) is 24.7 Å². The van der Waals surface area contributed by atoms with E-state index in [1.165, 1.54) is 7.11 Å². The molecule has 0 saturated carbocycles. The lowest BCUT2D eigenvalue weighted by atomic mass is 10.0. The molecule has 0 aliphatic carbocycles. The average molecular weight is 354 g/mol. The van der Waals surface area contributed by atoms with Crippen LogP contribution in [0, 0.1) is 6.92 Å². The van der Waals surface area contributed by atoms with Gasteiger partial charge in [0.15, 0.2) is 5.78 Å². The van der Waals surface area contributed by atoms with Crippen LogP contribution in [-0.2, 0) is 11.3 Å². The van der Waals surface area contributed by atoms with Gasteiger partial charge in [0.05, 0.1) is 12.7 Å². The number of hydrogen-bond donors (Lipinski definition) is 2. The van der Waals surface area contributed by atoms with E-state index in [9.17, 15) is 14.4 Å². The summed E-state index contributed by atoms with van der Waals surface area (Å²) < 4.78 is 5.21. The van der Waals surface area contributed by atoms with Gasteiger partial charge in [-0.2, -0.15) is 0 Å². The molecule has 2 aromatic rings. The summed E-state index contributed by atoms with van der Waals surface area (Å²) in [6.45, 7) is 2.21. The summed E-state index contributed by atoms with van der Waals surface area (Å²) in [5, 5.41) is 2.76. The molecule has 0 unspecified atom stereocenters. The molecule has 6 heteroatoms. The van der Waals surface area contributed by atoms with Crippen molar-refractivity contribution in [3.63, 3.8) is 0 Å². The number of carbonyl (C=O) groups is 3. The number of nitrogens with two attached hydrogens (primary N) is 1. The van der Waals surface area contributed by atoms with Crippen molar-refractivity contribution in [3.05, 3.63) is 64.7 Å². The second-order valence-corrected chi connectivity index (χ2v) is 5.96. The van der Waals surface area contributed by atoms with Gasteiger partial charge in [-0.15, -0.1) is 0 Å². The number of Topliss-reactive ketones (excluding diaryl/α,β-unsaturated/α-hetero) is 1. The summed E-state index contributed by atoms with van der Waals surface area (Å²) in [6, 6.07) is 12.0. The fourth-order valence-corrected chi connectivity index (χ4v) is 2.48. The molecule has 0 spiro atoms. The number of rotatable bonds is 8. The van der Waals surface area contributed by atoms with E-state index in [2.05, 4.69) is 5.32 Å². The molecule has 0 radical (unpaired) electrons. The fraction of sp³-hybridized carbons (Fsp3) is 0.250. The Morgan fingerprint density at radius 3 is 2.35 bits per heavy atom. The third-order valence-electron chi connectivity index (χ3n) is 3.96. The van der Waals surface area contributed by atoms with Gasteiger partial charge in [-0.1, -0.05) is 23.8 Å². The average Bonchev–Trinajstić information content (AvgIpc) is 2.64. The monoisotopic (exact) mass is 354 g/mol. The van der Waals surface area contributed by atoms with Crippen molar-refractivity contribution in [2.45, 2.75) is 26.3 Å². The van der Waals surface area contributed by atoms with Crippen LogP contribution in [0.15, 0.2) is 42.5 Å². The maximum atomic E-state index is 12.4. The van der Waals surface area contributed by atoms with Gasteiger partial charge in [-0.05, 0) is 36.8 Å². The van der Waals surface area contributed by atoms with Crippen LogP contribution in [0.1, 0.15) is 44.7 Å². The van der Waals surface area contributed by atoms with E-state index in [1.807, 2.05) is 13.0 Å². The van der Waals surface area contributed by atoms with Crippen LogP contribution in [0.2, 0.25) is 0 Å². The van der Waals surface area contributed by atoms with E-state index in [4.69, 9.17) is 10.5 Å². The second kappa shape index (κ2) is 8.80. The number of ketones is 1. The first-order valence-electron chi connectivity index (χ1n) is 8.24. The molecule has 0 aromatic heterocycles. The maximum absolute atomic E-state index is 12.4. The van der Waals surface area contributed by atoms with Gasteiger partial charge in [-0.25, -0.2) is 0 Å². The summed E-state index contributed by atoms with van der Waals surface area (Å²) in [5.41, 5.74) is 7.88. The highest BCUT2D eigenvalue weighted by molar-refractivity contribution is 6.00. The van der Waals surface area contributed by atoms with Gasteiger partial charge < -0.3 is 15.8 Å². The van der Waals surface area contributed by atoms with Crippen LogP contribution in [0.5, 0.6) is 5.75 Å². The number of hydrogen-bond acceptors (Lipinski definition) is 4. The maximum Gasteiger partial charge on any atom is 0.248 e. The zero-order valence-corrected chi connectivity index (χ0v) is 14.9. The molecule has 0 aliphatic rings. The molecule has 0 bridgehead atoms. The van der Waals surface area contributed by atoms with Crippen molar-refractivity contribution in [2.24, 2.45) is 5.73 Å². The number of carbonyl (C=O) groups excluding carboxylic acids is 3. The second-order valence-electron chi connectivity index (χ2n) is 5.96. The molecule has 0 aliphatic heterocycles. The number of amides is 2. The molecule has 6 nitrogen and oxygen atoms in total. The van der Waals surface area contributed by atoms with Crippen LogP contribution >= 0.6 is 0 Å². The first-order valence-corrected chi connectivity index (χ1v) is 8.24. The van der Waals surface area contributed by atoms with Crippen LogP contribution < -0.4 is 15.8 Å². The molecular formula is C20H22N2O4. The normalized spacial score (nSPS) is 10.2. The van der Waals surface area contributed by atoms with Crippen LogP contribution in [0.25, 0.3) is 0 Å². The molecule has 136 valence electrons. The van der Waals surface area contributed by atoms with E-state index < -0.39 is 5.91 Å². The lowest BCUT2D eigenvalue weighted by Gasteiger charge is -2.09. The number of ether oxygens (including phenoxy) is 1. The van der Waals surface area contributed by atoms with Crippen LogP contribution in [0.4, 0.5) is 0 Å². The van der Waals surface area contributed by atoms with E-state index in [0.717, 1.165) is 11.1 Å². The van der Waals surface area contributed by atoms with Gasteiger partial charge in [0, 0.05) is 24.9 Å². The fourth-order valence-electron chi connectivity index (χ4n) is 2.48. The number of aryl methyl sites for hydroxylation is 1. The molecule has 26 heavy (non-hydrogen) atoms. The molecule has 0 heterocycles. The predicted molar refractivity (Wildman–Crippen MR) is 98.1 cm³/mol. The smallest absolute Gasteiger partial charge is 0.248 e. The van der Waals surface area contributed by atoms with Gasteiger partial charge in [0.2, 0.25) is 11.8 Å². The Bertz CT molecular complexity index is 813. The zero-order chi connectivity index (χ0) is 19.1. The summed E-state index contributed by atoms with van der Waals surface area (Å²) in [7, 11) is 1.51. The number of nitrogens with one attached hydrogen (secondary N) is 1. The third-order valence-corrected chi connectivity index (χ3v) is 3.96. The highest BCUT2D eigenvalue weighted by Gasteiger charge is 2.14. The van der Waals surface area contributed by atoms with E-state index in [1.54, 1.807) is 36.4 Å². The van der Waals surface area contributed by atoms with E-state index >= 15 is 0 Å².